The van der Waals surface area contributed by atoms with E-state index in [4.69, 9.17) is 9.47 Å². The smallest absolute Gasteiger partial charge is 0.410 e. The number of ether oxygens (including phenoxy) is 2. The summed E-state index contributed by atoms with van der Waals surface area (Å²) in [6, 6.07) is 10.2. The SMILES string of the molecule is CN(C(=O)OC(C)(C)C)[C@H]1CCC[C@@H]1OCc1ccccc1. The molecule has 22 heavy (non-hydrogen) atoms. The normalized spacial score (nSPS) is 21.6. The summed E-state index contributed by atoms with van der Waals surface area (Å²) in [5.41, 5.74) is 0.692. The van der Waals surface area contributed by atoms with E-state index in [0.29, 0.717) is 6.61 Å². The van der Waals surface area contributed by atoms with E-state index in [0.717, 1.165) is 24.8 Å². The largest absolute Gasteiger partial charge is 0.444 e. The third kappa shape index (κ3) is 4.73. The van der Waals surface area contributed by atoms with E-state index in [1.807, 2.05) is 46.0 Å². The van der Waals surface area contributed by atoms with E-state index >= 15 is 0 Å². The first-order chi connectivity index (χ1) is 10.4. The van der Waals surface area contributed by atoms with Crippen LogP contribution in [-0.4, -0.2) is 35.8 Å². The van der Waals surface area contributed by atoms with E-state index in [1.165, 1.54) is 0 Å². The molecule has 1 amide bonds. The van der Waals surface area contributed by atoms with Gasteiger partial charge in [0.15, 0.2) is 0 Å². The molecule has 0 saturated heterocycles. The first kappa shape index (κ1) is 16.8. The number of likely N-dealkylation sites (N-methyl/N-ethyl adjacent to an activating group) is 1. The van der Waals surface area contributed by atoms with E-state index in [9.17, 15) is 4.79 Å². The zero-order valence-electron chi connectivity index (χ0n) is 14.0. The maximum absolute atomic E-state index is 12.2. The Morgan fingerprint density at radius 1 is 1.23 bits per heavy atom. The number of hydrogen-bond donors (Lipinski definition) is 0. The van der Waals surface area contributed by atoms with Gasteiger partial charge in [-0.3, -0.25) is 0 Å². The van der Waals surface area contributed by atoms with Gasteiger partial charge in [0.2, 0.25) is 0 Å². The first-order valence-corrected chi connectivity index (χ1v) is 7.98. The highest BCUT2D eigenvalue weighted by Crippen LogP contribution is 2.28. The number of amides is 1. The Balaban J connectivity index is 1.91. The van der Waals surface area contributed by atoms with Crippen LogP contribution in [0.15, 0.2) is 30.3 Å². The summed E-state index contributed by atoms with van der Waals surface area (Å²) < 4.78 is 11.5. The lowest BCUT2D eigenvalue weighted by atomic mass is 10.2. The zero-order chi connectivity index (χ0) is 16.2. The van der Waals surface area contributed by atoms with Crippen molar-refractivity contribution in [2.45, 2.75) is 64.4 Å². The van der Waals surface area contributed by atoms with Gasteiger partial charge >= 0.3 is 6.09 Å². The van der Waals surface area contributed by atoms with E-state index in [1.54, 1.807) is 4.90 Å². The van der Waals surface area contributed by atoms with Crippen molar-refractivity contribution in [3.63, 3.8) is 0 Å². The maximum Gasteiger partial charge on any atom is 0.410 e. The van der Waals surface area contributed by atoms with Crippen molar-refractivity contribution in [2.75, 3.05) is 7.05 Å². The molecule has 1 saturated carbocycles. The fourth-order valence-corrected chi connectivity index (χ4v) is 2.79. The number of benzene rings is 1. The summed E-state index contributed by atoms with van der Waals surface area (Å²) in [4.78, 5) is 13.9. The van der Waals surface area contributed by atoms with Crippen molar-refractivity contribution in [2.24, 2.45) is 0 Å². The van der Waals surface area contributed by atoms with Gasteiger partial charge in [0.05, 0.1) is 18.8 Å². The van der Waals surface area contributed by atoms with Crippen molar-refractivity contribution < 1.29 is 14.3 Å². The van der Waals surface area contributed by atoms with Crippen LogP contribution in [-0.2, 0) is 16.1 Å². The van der Waals surface area contributed by atoms with Crippen molar-refractivity contribution in [3.8, 4) is 0 Å². The minimum absolute atomic E-state index is 0.0812. The van der Waals surface area contributed by atoms with Crippen molar-refractivity contribution in [1.82, 2.24) is 4.90 Å². The van der Waals surface area contributed by atoms with Gasteiger partial charge in [0.1, 0.15) is 5.60 Å². The molecule has 122 valence electrons. The number of nitrogens with zero attached hydrogens (tertiary/aromatic N) is 1. The van der Waals surface area contributed by atoms with Crippen LogP contribution in [0.5, 0.6) is 0 Å². The first-order valence-electron chi connectivity index (χ1n) is 7.98. The molecule has 4 heteroatoms. The van der Waals surface area contributed by atoms with Gasteiger partial charge in [-0.1, -0.05) is 30.3 Å². The van der Waals surface area contributed by atoms with Gasteiger partial charge in [-0.25, -0.2) is 4.79 Å². The molecule has 2 rings (SSSR count). The molecule has 0 aliphatic heterocycles. The van der Waals surface area contributed by atoms with E-state index < -0.39 is 5.60 Å². The molecule has 1 aromatic rings. The van der Waals surface area contributed by atoms with Crippen LogP contribution >= 0.6 is 0 Å². The molecule has 0 aromatic heterocycles. The monoisotopic (exact) mass is 305 g/mol. The average Bonchev–Trinajstić information content (AvgIpc) is 2.92. The van der Waals surface area contributed by atoms with Gasteiger partial charge in [0.25, 0.3) is 0 Å². The third-order valence-corrected chi connectivity index (χ3v) is 3.90. The molecular weight excluding hydrogens is 278 g/mol. The number of rotatable bonds is 4. The second-order valence-corrected chi connectivity index (χ2v) is 6.92. The molecule has 0 bridgehead atoms. The van der Waals surface area contributed by atoms with E-state index in [2.05, 4.69) is 12.1 Å². The van der Waals surface area contributed by atoms with Gasteiger partial charge in [-0.15, -0.1) is 0 Å². The Labute approximate surface area is 133 Å². The molecule has 0 radical (unpaired) electrons. The number of hydrogen-bond acceptors (Lipinski definition) is 3. The van der Waals surface area contributed by atoms with Crippen LogP contribution in [0.3, 0.4) is 0 Å². The Bertz CT molecular complexity index is 481. The molecule has 2 atom stereocenters. The van der Waals surface area contributed by atoms with Crippen molar-refractivity contribution in [1.29, 1.82) is 0 Å². The highest BCUT2D eigenvalue weighted by molar-refractivity contribution is 5.68. The topological polar surface area (TPSA) is 38.8 Å². The molecule has 4 nitrogen and oxygen atoms in total. The minimum Gasteiger partial charge on any atom is -0.444 e. The maximum atomic E-state index is 12.2. The quantitative estimate of drug-likeness (QED) is 0.844. The highest BCUT2D eigenvalue weighted by atomic mass is 16.6. The lowest BCUT2D eigenvalue weighted by molar-refractivity contribution is -0.0192. The molecule has 0 heterocycles. The van der Waals surface area contributed by atoms with Crippen molar-refractivity contribution in [3.05, 3.63) is 35.9 Å². The summed E-state index contributed by atoms with van der Waals surface area (Å²) in [5, 5.41) is 0. The fraction of sp³-hybridized carbons (Fsp3) is 0.611. The predicted octanol–water partition coefficient (Wildman–Crippen LogP) is 3.99. The Hall–Kier alpha value is -1.55. The average molecular weight is 305 g/mol. The molecule has 1 aliphatic rings. The molecular formula is C18H27NO3. The fourth-order valence-electron chi connectivity index (χ4n) is 2.79. The Kier molecular flexibility index (Phi) is 5.46. The summed E-state index contributed by atoms with van der Waals surface area (Å²) in [7, 11) is 1.81. The Morgan fingerprint density at radius 2 is 1.91 bits per heavy atom. The molecule has 1 fully saturated rings. The van der Waals surface area contributed by atoms with Crippen LogP contribution in [0, 0.1) is 0 Å². The lowest BCUT2D eigenvalue weighted by Crippen LogP contribution is -2.44. The van der Waals surface area contributed by atoms with Crippen LogP contribution < -0.4 is 0 Å². The van der Waals surface area contributed by atoms with Crippen LogP contribution in [0.4, 0.5) is 4.79 Å². The summed E-state index contributed by atoms with van der Waals surface area (Å²) in [5.74, 6) is 0. The molecule has 0 spiro atoms. The summed E-state index contributed by atoms with van der Waals surface area (Å²) >= 11 is 0. The van der Waals surface area contributed by atoms with Crippen LogP contribution in [0.25, 0.3) is 0 Å². The van der Waals surface area contributed by atoms with E-state index in [-0.39, 0.29) is 18.2 Å². The lowest BCUT2D eigenvalue weighted by Gasteiger charge is -2.31. The van der Waals surface area contributed by atoms with Gasteiger partial charge in [0, 0.05) is 7.05 Å². The Morgan fingerprint density at radius 3 is 2.55 bits per heavy atom. The summed E-state index contributed by atoms with van der Waals surface area (Å²) in [6.45, 7) is 6.24. The van der Waals surface area contributed by atoms with Crippen molar-refractivity contribution >= 4 is 6.09 Å². The van der Waals surface area contributed by atoms with Gasteiger partial charge in [-0.2, -0.15) is 0 Å². The molecule has 0 N–H and O–H groups in total. The molecule has 1 aliphatic carbocycles. The van der Waals surface area contributed by atoms with Crippen LogP contribution in [0.2, 0.25) is 0 Å². The molecule has 1 aromatic carbocycles. The summed E-state index contributed by atoms with van der Waals surface area (Å²) in [6.07, 6.45) is 2.85. The number of carbonyl (C=O) groups excluding carboxylic acids is 1. The van der Waals surface area contributed by atoms with Gasteiger partial charge in [-0.05, 0) is 45.6 Å². The second kappa shape index (κ2) is 7.14. The van der Waals surface area contributed by atoms with Crippen LogP contribution in [0.1, 0.15) is 45.6 Å². The molecule has 0 unspecified atom stereocenters. The second-order valence-electron chi connectivity index (χ2n) is 6.92. The van der Waals surface area contributed by atoms with Gasteiger partial charge < -0.3 is 14.4 Å². The minimum atomic E-state index is -0.468. The third-order valence-electron chi connectivity index (χ3n) is 3.90. The number of carbonyl (C=O) groups is 1. The predicted molar refractivity (Wildman–Crippen MR) is 86.7 cm³/mol. The highest BCUT2D eigenvalue weighted by Gasteiger charge is 2.35. The standard InChI is InChI=1S/C18H27NO3/c1-18(2,3)22-17(20)19(4)15-11-8-12-16(15)21-13-14-9-6-5-7-10-14/h5-7,9-10,15-16H,8,11-13H2,1-4H3/t15-,16-/m0/s1. The zero-order valence-corrected chi connectivity index (χ0v) is 14.0.